The van der Waals surface area contributed by atoms with Crippen molar-refractivity contribution in [2.45, 2.75) is 39.3 Å². The second kappa shape index (κ2) is 8.81. The second-order valence-corrected chi connectivity index (χ2v) is 8.35. The summed E-state index contributed by atoms with van der Waals surface area (Å²) >= 11 is 0. The van der Waals surface area contributed by atoms with Crippen molar-refractivity contribution in [1.82, 2.24) is 35.7 Å². The maximum atomic E-state index is 15.2. The molecule has 11 heteroatoms. The second-order valence-electron chi connectivity index (χ2n) is 8.35. The number of halogens is 3. The maximum absolute atomic E-state index is 15.2. The number of nitrogens with one attached hydrogen (secondary N) is 1. The SMILES string of the molecule is CC(C)C(F)(F)c1cc(F)c(-c2nn[nH]n2)c(N2CCN(Cc3cccnn3)[C@@H](C)C2)c1. The third-order valence-corrected chi connectivity index (χ3v) is 5.85. The lowest BCUT2D eigenvalue weighted by Gasteiger charge is -2.41. The number of hydrogen-bond donors (Lipinski definition) is 1. The van der Waals surface area contributed by atoms with E-state index in [9.17, 15) is 8.78 Å². The van der Waals surface area contributed by atoms with Gasteiger partial charge in [-0.15, -0.1) is 10.2 Å². The summed E-state index contributed by atoms with van der Waals surface area (Å²) in [6, 6.07) is 6.06. The first-order chi connectivity index (χ1) is 15.3. The number of aromatic nitrogens is 6. The van der Waals surface area contributed by atoms with E-state index in [0.717, 1.165) is 11.8 Å². The van der Waals surface area contributed by atoms with Gasteiger partial charge >= 0.3 is 0 Å². The molecule has 8 nitrogen and oxygen atoms in total. The molecular formula is C21H25F3N8. The molecule has 0 aliphatic carbocycles. The molecule has 0 radical (unpaired) electrons. The molecule has 0 amide bonds. The number of tetrazole rings is 1. The fourth-order valence-electron chi connectivity index (χ4n) is 3.93. The molecule has 170 valence electrons. The molecule has 1 atom stereocenters. The summed E-state index contributed by atoms with van der Waals surface area (Å²) in [6.45, 7) is 7.18. The zero-order valence-electron chi connectivity index (χ0n) is 18.1. The summed E-state index contributed by atoms with van der Waals surface area (Å²) in [5, 5.41) is 21.6. The Morgan fingerprint density at radius 1 is 1.22 bits per heavy atom. The van der Waals surface area contributed by atoms with Gasteiger partial charge in [0.15, 0.2) is 0 Å². The first-order valence-corrected chi connectivity index (χ1v) is 10.5. The molecule has 1 aliphatic heterocycles. The molecule has 1 aromatic carbocycles. The summed E-state index contributed by atoms with van der Waals surface area (Å²) in [5.41, 5.74) is 0.899. The summed E-state index contributed by atoms with van der Waals surface area (Å²) in [5.74, 6) is -4.92. The Kier molecular flexibility index (Phi) is 6.09. The molecule has 0 saturated carbocycles. The standard InChI is InChI=1S/C21H25F3N8/c1-13(2)21(23,24)15-9-17(22)19(20-27-29-30-28-20)18(10-15)32-8-7-31(14(3)11-32)12-16-5-4-6-25-26-16/h4-6,9-10,13-14H,7-8,11-12H2,1-3H3,(H,27,28,29,30)/t14-/m0/s1. The van der Waals surface area contributed by atoms with Crippen molar-refractivity contribution >= 4 is 5.69 Å². The Hall–Kier alpha value is -3.08. The number of rotatable bonds is 6. The van der Waals surface area contributed by atoms with Crippen LogP contribution in [0.25, 0.3) is 11.4 Å². The van der Waals surface area contributed by atoms with Crippen LogP contribution >= 0.6 is 0 Å². The zero-order valence-corrected chi connectivity index (χ0v) is 18.1. The summed E-state index contributed by atoms with van der Waals surface area (Å²) in [4.78, 5) is 4.14. The molecule has 1 aliphatic rings. The average Bonchev–Trinajstić information content (AvgIpc) is 3.29. The zero-order chi connectivity index (χ0) is 22.9. The van der Waals surface area contributed by atoms with Crippen LogP contribution in [0.15, 0.2) is 30.5 Å². The molecule has 3 heterocycles. The molecule has 1 fully saturated rings. The van der Waals surface area contributed by atoms with Crippen LogP contribution in [0.4, 0.5) is 18.9 Å². The van der Waals surface area contributed by atoms with Gasteiger partial charge in [0.25, 0.3) is 5.92 Å². The van der Waals surface area contributed by atoms with Crippen molar-refractivity contribution in [2.75, 3.05) is 24.5 Å². The summed E-state index contributed by atoms with van der Waals surface area (Å²) < 4.78 is 44.8. The number of nitrogens with zero attached hydrogens (tertiary/aromatic N) is 7. The lowest BCUT2D eigenvalue weighted by Crippen LogP contribution is -2.51. The van der Waals surface area contributed by atoms with E-state index in [0.29, 0.717) is 31.9 Å². The normalized spacial score (nSPS) is 17.8. The molecular weight excluding hydrogens is 421 g/mol. The lowest BCUT2D eigenvalue weighted by molar-refractivity contribution is -0.0515. The van der Waals surface area contributed by atoms with Gasteiger partial charge in [-0.25, -0.2) is 13.2 Å². The van der Waals surface area contributed by atoms with Crippen molar-refractivity contribution in [3.63, 3.8) is 0 Å². The monoisotopic (exact) mass is 446 g/mol. The highest BCUT2D eigenvalue weighted by molar-refractivity contribution is 5.76. The van der Waals surface area contributed by atoms with E-state index >= 15 is 4.39 Å². The molecule has 2 aromatic heterocycles. The van der Waals surface area contributed by atoms with Gasteiger partial charge in [-0.3, -0.25) is 4.90 Å². The van der Waals surface area contributed by atoms with E-state index in [2.05, 4.69) is 35.7 Å². The van der Waals surface area contributed by atoms with Crippen molar-refractivity contribution < 1.29 is 13.2 Å². The Balaban J connectivity index is 1.67. The quantitative estimate of drug-likeness (QED) is 0.622. The molecule has 4 rings (SSSR count). The van der Waals surface area contributed by atoms with Gasteiger partial charge in [0.1, 0.15) is 5.82 Å². The van der Waals surface area contributed by atoms with E-state index in [4.69, 9.17) is 0 Å². The fraction of sp³-hybridized carbons (Fsp3) is 0.476. The molecule has 1 saturated heterocycles. The molecule has 0 bridgehead atoms. The Bertz CT molecular complexity index is 1040. The van der Waals surface area contributed by atoms with Crippen LogP contribution in [0, 0.1) is 11.7 Å². The van der Waals surface area contributed by atoms with Crippen molar-refractivity contribution in [3.05, 3.63) is 47.5 Å². The number of alkyl halides is 2. The first-order valence-electron chi connectivity index (χ1n) is 10.5. The van der Waals surface area contributed by atoms with Crippen LogP contribution < -0.4 is 4.90 Å². The molecule has 0 unspecified atom stereocenters. The molecule has 1 N–H and O–H groups in total. The summed E-state index contributed by atoms with van der Waals surface area (Å²) in [7, 11) is 0. The minimum atomic E-state index is -3.18. The van der Waals surface area contributed by atoms with Crippen LogP contribution in [0.5, 0.6) is 0 Å². The predicted molar refractivity (Wildman–Crippen MR) is 112 cm³/mol. The maximum Gasteiger partial charge on any atom is 0.275 e. The van der Waals surface area contributed by atoms with E-state index in [1.165, 1.54) is 19.9 Å². The number of H-pyrrole nitrogens is 1. The van der Waals surface area contributed by atoms with Crippen LogP contribution in [0.3, 0.4) is 0 Å². The first kappa shape index (κ1) is 22.1. The topological polar surface area (TPSA) is 86.7 Å². The third kappa shape index (κ3) is 4.29. The van der Waals surface area contributed by atoms with Gasteiger partial charge in [0.2, 0.25) is 5.82 Å². The van der Waals surface area contributed by atoms with Gasteiger partial charge in [0.05, 0.1) is 16.9 Å². The largest absolute Gasteiger partial charge is 0.368 e. The van der Waals surface area contributed by atoms with Gasteiger partial charge in [0, 0.05) is 49.9 Å². The fourth-order valence-corrected chi connectivity index (χ4v) is 3.93. The van der Waals surface area contributed by atoms with Gasteiger partial charge in [-0.05, 0) is 36.4 Å². The molecule has 32 heavy (non-hydrogen) atoms. The van der Waals surface area contributed by atoms with E-state index in [1.54, 1.807) is 6.20 Å². The Morgan fingerprint density at radius 2 is 2.03 bits per heavy atom. The number of aromatic amines is 1. The van der Waals surface area contributed by atoms with Gasteiger partial charge < -0.3 is 4.90 Å². The van der Waals surface area contributed by atoms with Crippen molar-refractivity contribution in [2.24, 2.45) is 5.92 Å². The smallest absolute Gasteiger partial charge is 0.275 e. The highest BCUT2D eigenvalue weighted by Crippen LogP contribution is 2.41. The minimum Gasteiger partial charge on any atom is -0.368 e. The number of piperazine rings is 1. The number of benzene rings is 1. The number of anilines is 1. The summed E-state index contributed by atoms with van der Waals surface area (Å²) in [6.07, 6.45) is 1.62. The number of hydrogen-bond acceptors (Lipinski definition) is 7. The van der Waals surface area contributed by atoms with Crippen LogP contribution in [0.2, 0.25) is 0 Å². The Labute approximate surface area is 183 Å². The van der Waals surface area contributed by atoms with Crippen LogP contribution in [-0.2, 0) is 12.5 Å². The highest BCUT2D eigenvalue weighted by atomic mass is 19.3. The van der Waals surface area contributed by atoms with Gasteiger partial charge in [-0.1, -0.05) is 13.8 Å². The highest BCUT2D eigenvalue weighted by Gasteiger charge is 2.38. The van der Waals surface area contributed by atoms with Gasteiger partial charge in [-0.2, -0.15) is 15.4 Å². The molecule has 0 spiro atoms. The third-order valence-electron chi connectivity index (χ3n) is 5.85. The van der Waals surface area contributed by atoms with Crippen LogP contribution in [0.1, 0.15) is 32.0 Å². The average molecular weight is 446 g/mol. The van der Waals surface area contributed by atoms with Crippen molar-refractivity contribution in [1.29, 1.82) is 0 Å². The predicted octanol–water partition coefficient (Wildman–Crippen LogP) is 3.25. The lowest BCUT2D eigenvalue weighted by atomic mass is 9.94. The van der Waals surface area contributed by atoms with Crippen molar-refractivity contribution in [3.8, 4) is 11.4 Å². The van der Waals surface area contributed by atoms with E-state index in [-0.39, 0.29) is 23.0 Å². The minimum absolute atomic E-state index is 0.0338. The van der Waals surface area contributed by atoms with E-state index in [1.807, 2.05) is 24.0 Å². The molecule has 3 aromatic rings. The van der Waals surface area contributed by atoms with Crippen LogP contribution in [-0.4, -0.2) is 61.4 Å². The Morgan fingerprint density at radius 3 is 2.66 bits per heavy atom. The van der Waals surface area contributed by atoms with E-state index < -0.39 is 17.7 Å².